The fourth-order valence-corrected chi connectivity index (χ4v) is 5.39. The van der Waals surface area contributed by atoms with Gasteiger partial charge in [0.05, 0.1) is 7.11 Å². The molecule has 0 bridgehead atoms. The highest BCUT2D eigenvalue weighted by molar-refractivity contribution is 5.88. The standard InChI is InChI=1S/C20H24N2O3/c1-19-17-14(15-12-13(24-2)6-7-16(15)21-17)8-11-22(19)18(23)25-20(19)9-4-3-5-10-20/h6-7,12,21H,3-5,8-11H2,1-2H3/t19-/m1/s1. The molecule has 25 heavy (non-hydrogen) atoms. The van der Waals surface area contributed by atoms with Gasteiger partial charge >= 0.3 is 6.09 Å². The van der Waals surface area contributed by atoms with E-state index in [1.165, 1.54) is 17.4 Å². The van der Waals surface area contributed by atoms with Gasteiger partial charge in [0, 0.05) is 23.1 Å². The molecule has 2 aliphatic heterocycles. The number of hydrogen-bond acceptors (Lipinski definition) is 3. The highest BCUT2D eigenvalue weighted by Gasteiger charge is 2.65. The Hall–Kier alpha value is -2.17. The molecule has 0 radical (unpaired) electrons. The Morgan fingerprint density at radius 1 is 1.24 bits per heavy atom. The summed E-state index contributed by atoms with van der Waals surface area (Å²) in [6.07, 6.45) is 6.08. The fraction of sp³-hybridized carbons (Fsp3) is 0.550. The van der Waals surface area contributed by atoms with E-state index in [4.69, 9.17) is 9.47 Å². The third-order valence-electron chi connectivity index (χ3n) is 6.78. The van der Waals surface area contributed by atoms with E-state index in [2.05, 4.69) is 24.0 Å². The highest BCUT2D eigenvalue weighted by Crippen LogP contribution is 2.56. The average molecular weight is 340 g/mol. The molecule has 2 aromatic rings. The Labute approximate surface area is 147 Å². The van der Waals surface area contributed by atoms with Crippen molar-refractivity contribution in [2.45, 2.75) is 56.6 Å². The molecule has 1 N–H and O–H groups in total. The number of aromatic nitrogens is 1. The van der Waals surface area contributed by atoms with Crippen molar-refractivity contribution in [2.75, 3.05) is 13.7 Å². The number of ether oxygens (including phenoxy) is 2. The summed E-state index contributed by atoms with van der Waals surface area (Å²) < 4.78 is 11.5. The smallest absolute Gasteiger partial charge is 0.411 e. The van der Waals surface area contributed by atoms with E-state index in [1.54, 1.807) is 7.11 Å². The van der Waals surface area contributed by atoms with Crippen molar-refractivity contribution in [1.29, 1.82) is 0 Å². The van der Waals surface area contributed by atoms with E-state index in [-0.39, 0.29) is 6.09 Å². The largest absolute Gasteiger partial charge is 0.497 e. The number of methoxy groups -OCH3 is 1. The molecule has 0 unspecified atom stereocenters. The van der Waals surface area contributed by atoms with Crippen molar-refractivity contribution < 1.29 is 14.3 Å². The summed E-state index contributed by atoms with van der Waals surface area (Å²) in [4.78, 5) is 18.3. The van der Waals surface area contributed by atoms with Crippen LogP contribution in [0.2, 0.25) is 0 Å². The fourth-order valence-electron chi connectivity index (χ4n) is 5.39. The minimum atomic E-state index is -0.412. The molecule has 1 aliphatic carbocycles. The van der Waals surface area contributed by atoms with Gasteiger partial charge in [-0.2, -0.15) is 0 Å². The molecule has 1 saturated heterocycles. The number of nitrogens with zero attached hydrogens (tertiary/aromatic N) is 1. The molecule has 1 aromatic carbocycles. The minimum Gasteiger partial charge on any atom is -0.497 e. The van der Waals surface area contributed by atoms with E-state index in [0.717, 1.165) is 49.1 Å². The summed E-state index contributed by atoms with van der Waals surface area (Å²) in [6, 6.07) is 6.16. The Bertz CT molecular complexity index is 865. The molecule has 132 valence electrons. The van der Waals surface area contributed by atoms with Crippen LogP contribution < -0.4 is 4.74 Å². The van der Waals surface area contributed by atoms with Crippen LogP contribution in [0.25, 0.3) is 10.9 Å². The number of benzene rings is 1. The van der Waals surface area contributed by atoms with Gasteiger partial charge in [-0.25, -0.2) is 4.79 Å². The number of carbonyl (C=O) groups excluding carboxylic acids is 1. The number of hydrogen-bond donors (Lipinski definition) is 1. The second-order valence-electron chi connectivity index (χ2n) is 7.79. The Kier molecular flexibility index (Phi) is 2.98. The second kappa shape index (κ2) is 4.93. The zero-order valence-corrected chi connectivity index (χ0v) is 14.9. The zero-order valence-electron chi connectivity index (χ0n) is 14.9. The number of nitrogens with one attached hydrogen (secondary N) is 1. The van der Waals surface area contributed by atoms with Crippen LogP contribution in [0.3, 0.4) is 0 Å². The first-order chi connectivity index (χ1) is 12.1. The predicted molar refractivity (Wildman–Crippen MR) is 94.9 cm³/mol. The van der Waals surface area contributed by atoms with Crippen LogP contribution in [0.15, 0.2) is 18.2 Å². The first kappa shape index (κ1) is 15.1. The van der Waals surface area contributed by atoms with Crippen molar-refractivity contribution in [3.05, 3.63) is 29.5 Å². The summed E-state index contributed by atoms with van der Waals surface area (Å²) in [6.45, 7) is 2.92. The topological polar surface area (TPSA) is 54.6 Å². The van der Waals surface area contributed by atoms with Crippen LogP contribution >= 0.6 is 0 Å². The van der Waals surface area contributed by atoms with Crippen molar-refractivity contribution in [3.63, 3.8) is 0 Å². The van der Waals surface area contributed by atoms with Gasteiger partial charge in [0.1, 0.15) is 16.9 Å². The molecule has 3 aliphatic rings. The van der Waals surface area contributed by atoms with E-state index in [9.17, 15) is 4.79 Å². The van der Waals surface area contributed by atoms with Crippen LogP contribution in [-0.4, -0.2) is 35.2 Å². The van der Waals surface area contributed by atoms with Gasteiger partial charge < -0.3 is 14.5 Å². The molecule has 5 heteroatoms. The maximum Gasteiger partial charge on any atom is 0.411 e. The highest BCUT2D eigenvalue weighted by atomic mass is 16.6. The lowest BCUT2D eigenvalue weighted by atomic mass is 9.67. The third-order valence-corrected chi connectivity index (χ3v) is 6.78. The number of carbonyl (C=O) groups is 1. The summed E-state index contributed by atoms with van der Waals surface area (Å²) in [5.74, 6) is 0.869. The average Bonchev–Trinajstić information content (AvgIpc) is 3.10. The monoisotopic (exact) mass is 340 g/mol. The molecule has 1 aromatic heterocycles. The van der Waals surface area contributed by atoms with Gasteiger partial charge in [-0.05, 0) is 62.8 Å². The lowest BCUT2D eigenvalue weighted by Gasteiger charge is -2.47. The van der Waals surface area contributed by atoms with Crippen molar-refractivity contribution >= 4 is 17.0 Å². The van der Waals surface area contributed by atoms with Gasteiger partial charge in [-0.15, -0.1) is 0 Å². The summed E-state index contributed by atoms with van der Waals surface area (Å²) in [5.41, 5.74) is 2.78. The molecular weight excluding hydrogens is 316 g/mol. The first-order valence-electron chi connectivity index (χ1n) is 9.29. The van der Waals surface area contributed by atoms with E-state index >= 15 is 0 Å². The van der Waals surface area contributed by atoms with Crippen LogP contribution in [0.4, 0.5) is 4.79 Å². The predicted octanol–water partition coefficient (Wildman–Crippen LogP) is 4.10. The molecule has 1 atom stereocenters. The van der Waals surface area contributed by atoms with E-state index < -0.39 is 11.1 Å². The minimum absolute atomic E-state index is 0.147. The number of aromatic amines is 1. The summed E-state index contributed by atoms with van der Waals surface area (Å²) in [5, 5.41) is 1.21. The maximum absolute atomic E-state index is 12.7. The molecule has 1 amide bonds. The maximum atomic E-state index is 12.7. The molecule has 1 saturated carbocycles. The van der Waals surface area contributed by atoms with Gasteiger partial charge in [-0.1, -0.05) is 6.42 Å². The lowest BCUT2D eigenvalue weighted by Crippen LogP contribution is -2.57. The van der Waals surface area contributed by atoms with Gasteiger partial charge in [0.15, 0.2) is 0 Å². The van der Waals surface area contributed by atoms with Crippen molar-refractivity contribution in [2.24, 2.45) is 0 Å². The molecule has 5 rings (SSSR count). The van der Waals surface area contributed by atoms with Gasteiger partial charge in [-0.3, -0.25) is 4.90 Å². The lowest BCUT2D eigenvalue weighted by molar-refractivity contribution is -0.0451. The zero-order chi connectivity index (χ0) is 17.2. The number of amides is 1. The number of H-pyrrole nitrogens is 1. The molecule has 1 spiro atoms. The quantitative estimate of drug-likeness (QED) is 0.850. The van der Waals surface area contributed by atoms with Crippen LogP contribution in [0.1, 0.15) is 50.3 Å². The van der Waals surface area contributed by atoms with Gasteiger partial charge in [0.2, 0.25) is 0 Å². The van der Waals surface area contributed by atoms with Crippen LogP contribution in [0.5, 0.6) is 5.75 Å². The van der Waals surface area contributed by atoms with Gasteiger partial charge in [0.25, 0.3) is 0 Å². The van der Waals surface area contributed by atoms with Crippen LogP contribution in [-0.2, 0) is 16.7 Å². The third kappa shape index (κ3) is 1.76. The van der Waals surface area contributed by atoms with E-state index in [1.807, 2.05) is 11.0 Å². The Morgan fingerprint density at radius 3 is 2.80 bits per heavy atom. The van der Waals surface area contributed by atoms with E-state index in [0.29, 0.717) is 6.54 Å². The Balaban J connectivity index is 1.74. The normalized spacial score (nSPS) is 27.3. The number of rotatable bonds is 1. The summed E-state index contributed by atoms with van der Waals surface area (Å²) in [7, 11) is 1.70. The summed E-state index contributed by atoms with van der Waals surface area (Å²) >= 11 is 0. The first-order valence-corrected chi connectivity index (χ1v) is 9.29. The van der Waals surface area contributed by atoms with Crippen molar-refractivity contribution in [3.8, 4) is 5.75 Å². The molecule has 3 heterocycles. The SMILES string of the molecule is COc1ccc2[nH]c3c(c2c1)CCN1C(=O)OC2(CCCCC2)[C@@]31C. The number of fused-ring (bicyclic) bond motifs is 6. The molecule has 2 fully saturated rings. The molecule has 5 nitrogen and oxygen atoms in total. The van der Waals surface area contributed by atoms with Crippen molar-refractivity contribution in [1.82, 2.24) is 9.88 Å². The second-order valence-corrected chi connectivity index (χ2v) is 7.79. The molecular formula is C20H24N2O3. The van der Waals surface area contributed by atoms with Crippen LogP contribution in [0, 0.1) is 0 Å². The Morgan fingerprint density at radius 2 is 2.04 bits per heavy atom.